The maximum absolute atomic E-state index is 12.0. The van der Waals surface area contributed by atoms with Crippen molar-refractivity contribution < 1.29 is 14.7 Å². The molecule has 0 aromatic heterocycles. The van der Waals surface area contributed by atoms with Gasteiger partial charge in [0.25, 0.3) is 0 Å². The van der Waals surface area contributed by atoms with Crippen LogP contribution >= 0.6 is 0 Å². The van der Waals surface area contributed by atoms with Gasteiger partial charge in [-0.2, -0.15) is 0 Å². The van der Waals surface area contributed by atoms with Crippen LogP contribution in [0.3, 0.4) is 0 Å². The summed E-state index contributed by atoms with van der Waals surface area (Å²) in [5, 5.41) is 13.7. The Kier molecular flexibility index (Phi) is 5.94. The number of amides is 3. The van der Waals surface area contributed by atoms with Gasteiger partial charge in [0.1, 0.15) is 0 Å². The lowest BCUT2D eigenvalue weighted by Crippen LogP contribution is -2.48. The van der Waals surface area contributed by atoms with Crippen LogP contribution in [0, 0.1) is 6.92 Å². The first kappa shape index (κ1) is 18.9. The van der Waals surface area contributed by atoms with E-state index in [0.29, 0.717) is 25.9 Å². The molecule has 2 saturated heterocycles. The lowest BCUT2D eigenvalue weighted by Gasteiger charge is -2.38. The van der Waals surface area contributed by atoms with Crippen molar-refractivity contribution in [1.29, 1.82) is 0 Å². The van der Waals surface area contributed by atoms with Crippen molar-refractivity contribution in [2.45, 2.75) is 44.6 Å². The number of aliphatic hydroxyl groups is 1. The summed E-state index contributed by atoms with van der Waals surface area (Å²) in [5.41, 5.74) is 1.76. The summed E-state index contributed by atoms with van der Waals surface area (Å²) in [4.78, 5) is 27.1. The number of imide groups is 1. The number of nitrogens with one attached hydrogen (secondary N) is 1. The Morgan fingerprint density at radius 3 is 2.50 bits per heavy atom. The molecule has 2 heterocycles. The Hall–Kier alpha value is -1.92. The van der Waals surface area contributed by atoms with Gasteiger partial charge in [-0.1, -0.05) is 29.8 Å². The topological polar surface area (TPSA) is 72.9 Å². The van der Waals surface area contributed by atoms with Gasteiger partial charge in [-0.3, -0.25) is 9.69 Å². The van der Waals surface area contributed by atoms with Crippen LogP contribution in [-0.2, 0) is 11.2 Å². The molecule has 0 atom stereocenters. The molecule has 6 heteroatoms. The number of nitrogens with zero attached hydrogens (tertiary/aromatic N) is 2. The molecule has 0 aliphatic carbocycles. The van der Waals surface area contributed by atoms with Crippen LogP contribution in [0.1, 0.15) is 36.8 Å². The highest BCUT2D eigenvalue weighted by atomic mass is 16.3. The summed E-state index contributed by atoms with van der Waals surface area (Å²) < 4.78 is 0. The standard InChI is InChI=1S/C20H29N3O3/c1-16-4-6-17(7-5-16)15-20(26)8-12-22(13-9-20)14-10-21-19(25)23-11-2-3-18(23)24/h4-7,26H,2-3,8-15H2,1H3,(H,21,25). The zero-order valence-electron chi connectivity index (χ0n) is 15.5. The average Bonchev–Trinajstić information content (AvgIpc) is 3.05. The van der Waals surface area contributed by atoms with Crippen molar-refractivity contribution in [2.75, 3.05) is 32.7 Å². The Morgan fingerprint density at radius 1 is 1.19 bits per heavy atom. The normalized spacial score (nSPS) is 20.4. The van der Waals surface area contributed by atoms with Crippen molar-refractivity contribution in [3.05, 3.63) is 35.4 Å². The number of aryl methyl sites for hydroxylation is 1. The third-order valence-electron chi connectivity index (χ3n) is 5.46. The molecule has 142 valence electrons. The predicted molar refractivity (Wildman–Crippen MR) is 99.9 cm³/mol. The number of hydrogen-bond acceptors (Lipinski definition) is 4. The fourth-order valence-corrected chi connectivity index (χ4v) is 3.73. The maximum atomic E-state index is 12.0. The number of urea groups is 1. The van der Waals surface area contributed by atoms with Crippen molar-refractivity contribution in [2.24, 2.45) is 0 Å². The quantitative estimate of drug-likeness (QED) is 0.839. The number of carbonyl (C=O) groups excluding carboxylic acids is 2. The minimum Gasteiger partial charge on any atom is -0.389 e. The lowest BCUT2D eigenvalue weighted by atomic mass is 9.85. The zero-order chi connectivity index (χ0) is 18.6. The molecule has 2 N–H and O–H groups in total. The van der Waals surface area contributed by atoms with Gasteiger partial charge >= 0.3 is 6.03 Å². The van der Waals surface area contributed by atoms with E-state index in [2.05, 4.69) is 41.4 Å². The van der Waals surface area contributed by atoms with Gasteiger partial charge in [0.2, 0.25) is 5.91 Å². The van der Waals surface area contributed by atoms with E-state index in [0.717, 1.165) is 38.9 Å². The molecule has 2 aliphatic rings. The van der Waals surface area contributed by atoms with Crippen LogP contribution < -0.4 is 5.32 Å². The largest absolute Gasteiger partial charge is 0.389 e. The Morgan fingerprint density at radius 2 is 1.88 bits per heavy atom. The fraction of sp³-hybridized carbons (Fsp3) is 0.600. The molecule has 0 saturated carbocycles. The molecule has 26 heavy (non-hydrogen) atoms. The van der Waals surface area contributed by atoms with Crippen LogP contribution in [0.4, 0.5) is 4.79 Å². The molecule has 2 aliphatic heterocycles. The number of hydrogen-bond donors (Lipinski definition) is 2. The molecule has 0 bridgehead atoms. The summed E-state index contributed by atoms with van der Waals surface area (Å²) in [6, 6.07) is 8.08. The highest BCUT2D eigenvalue weighted by Crippen LogP contribution is 2.26. The van der Waals surface area contributed by atoms with Gasteiger partial charge < -0.3 is 15.3 Å². The van der Waals surface area contributed by atoms with Crippen molar-refractivity contribution in [1.82, 2.24) is 15.1 Å². The van der Waals surface area contributed by atoms with Gasteiger partial charge in [-0.25, -0.2) is 4.79 Å². The highest BCUT2D eigenvalue weighted by Gasteiger charge is 2.32. The van der Waals surface area contributed by atoms with Crippen LogP contribution in [0.2, 0.25) is 0 Å². The monoisotopic (exact) mass is 359 g/mol. The molecule has 1 aromatic carbocycles. The number of benzene rings is 1. The van der Waals surface area contributed by atoms with Crippen LogP contribution in [-0.4, -0.2) is 65.2 Å². The summed E-state index contributed by atoms with van der Waals surface area (Å²) in [7, 11) is 0. The number of rotatable bonds is 5. The molecular weight excluding hydrogens is 330 g/mol. The third kappa shape index (κ3) is 4.83. The first-order chi connectivity index (χ1) is 12.5. The van der Waals surface area contributed by atoms with Gasteiger partial charge in [-0.05, 0) is 31.7 Å². The van der Waals surface area contributed by atoms with E-state index in [1.807, 2.05) is 0 Å². The summed E-state index contributed by atoms with van der Waals surface area (Å²) in [6.45, 7) is 5.50. The van der Waals surface area contributed by atoms with E-state index in [1.165, 1.54) is 16.0 Å². The van der Waals surface area contributed by atoms with Crippen LogP contribution in [0.25, 0.3) is 0 Å². The van der Waals surface area contributed by atoms with E-state index in [4.69, 9.17) is 0 Å². The molecular formula is C20H29N3O3. The molecule has 0 spiro atoms. The predicted octanol–water partition coefficient (Wildman–Crippen LogP) is 1.70. The van der Waals surface area contributed by atoms with Gasteiger partial charge in [-0.15, -0.1) is 0 Å². The second kappa shape index (κ2) is 8.18. The van der Waals surface area contributed by atoms with E-state index < -0.39 is 5.60 Å². The van der Waals surface area contributed by atoms with Gasteiger partial charge in [0.15, 0.2) is 0 Å². The van der Waals surface area contributed by atoms with E-state index in [1.54, 1.807) is 0 Å². The number of carbonyl (C=O) groups is 2. The smallest absolute Gasteiger partial charge is 0.324 e. The molecule has 3 rings (SSSR count). The zero-order valence-corrected chi connectivity index (χ0v) is 15.5. The summed E-state index contributed by atoms with van der Waals surface area (Å²) in [5.74, 6) is -0.0818. The second-order valence-electron chi connectivity index (χ2n) is 7.61. The highest BCUT2D eigenvalue weighted by molar-refractivity contribution is 5.95. The summed E-state index contributed by atoms with van der Waals surface area (Å²) in [6.07, 6.45) is 3.39. The van der Waals surface area contributed by atoms with Crippen LogP contribution in [0.15, 0.2) is 24.3 Å². The number of piperidine rings is 1. The lowest BCUT2D eigenvalue weighted by molar-refractivity contribution is -0.125. The SMILES string of the molecule is Cc1ccc(CC2(O)CCN(CCNC(=O)N3CCCC3=O)CC2)cc1. The molecule has 0 radical (unpaired) electrons. The second-order valence-corrected chi connectivity index (χ2v) is 7.61. The van der Waals surface area contributed by atoms with Gasteiger partial charge in [0, 0.05) is 45.6 Å². The summed E-state index contributed by atoms with van der Waals surface area (Å²) >= 11 is 0. The number of likely N-dealkylation sites (tertiary alicyclic amines) is 2. The molecule has 0 unspecified atom stereocenters. The molecule has 6 nitrogen and oxygen atoms in total. The van der Waals surface area contributed by atoms with Crippen molar-refractivity contribution >= 4 is 11.9 Å². The molecule has 3 amide bonds. The van der Waals surface area contributed by atoms with E-state index in [9.17, 15) is 14.7 Å². The first-order valence-corrected chi connectivity index (χ1v) is 9.54. The molecule has 1 aromatic rings. The Labute approximate surface area is 155 Å². The first-order valence-electron chi connectivity index (χ1n) is 9.54. The third-order valence-corrected chi connectivity index (χ3v) is 5.46. The Bertz CT molecular complexity index is 636. The fourth-order valence-electron chi connectivity index (χ4n) is 3.73. The van der Waals surface area contributed by atoms with Crippen molar-refractivity contribution in [3.8, 4) is 0 Å². The Balaban J connectivity index is 1.38. The van der Waals surface area contributed by atoms with E-state index in [-0.39, 0.29) is 11.9 Å². The van der Waals surface area contributed by atoms with Gasteiger partial charge in [0.05, 0.1) is 5.60 Å². The molecule has 2 fully saturated rings. The van der Waals surface area contributed by atoms with Crippen LogP contribution in [0.5, 0.6) is 0 Å². The minimum atomic E-state index is -0.642. The maximum Gasteiger partial charge on any atom is 0.324 e. The van der Waals surface area contributed by atoms with E-state index >= 15 is 0 Å². The van der Waals surface area contributed by atoms with Crippen molar-refractivity contribution in [3.63, 3.8) is 0 Å². The average molecular weight is 359 g/mol. The minimum absolute atomic E-state index is 0.0818.